The molecule has 0 saturated carbocycles. The number of halogens is 1. The molecule has 0 bridgehead atoms. The van der Waals surface area contributed by atoms with Crippen molar-refractivity contribution in [2.45, 2.75) is 0 Å². The summed E-state index contributed by atoms with van der Waals surface area (Å²) in [6, 6.07) is 3.06. The van der Waals surface area contributed by atoms with Gasteiger partial charge in [0, 0.05) is 38.2 Å². The number of hydrogen-bond acceptors (Lipinski definition) is 6. The van der Waals surface area contributed by atoms with Crippen LogP contribution in [0.25, 0.3) is 0 Å². The van der Waals surface area contributed by atoms with Crippen molar-refractivity contribution in [1.82, 2.24) is 0 Å². The molecule has 94 valence electrons. The molecule has 0 atom stereocenters. The van der Waals surface area contributed by atoms with Gasteiger partial charge in [-0.15, -0.1) is 0 Å². The quantitative estimate of drug-likeness (QED) is 0.469. The minimum atomic E-state index is -2.96. The third kappa shape index (κ3) is 3.44. The second-order valence-electron chi connectivity index (χ2n) is 2.77. The Morgan fingerprint density at radius 3 is 2.41 bits per heavy atom. The van der Waals surface area contributed by atoms with Gasteiger partial charge in [-0.1, -0.05) is 0 Å². The van der Waals surface area contributed by atoms with Gasteiger partial charge in [-0.25, -0.2) is 0 Å². The molecule has 0 aliphatic heterocycles. The Bertz CT molecular complexity index is 475. The molecule has 9 heteroatoms. The number of nitrogens with zero attached hydrogens (tertiary/aromatic N) is 1. The van der Waals surface area contributed by atoms with Crippen molar-refractivity contribution in [3.8, 4) is 5.75 Å². The van der Waals surface area contributed by atoms with Gasteiger partial charge in [-0.2, -0.15) is 4.39 Å². The van der Waals surface area contributed by atoms with Gasteiger partial charge in [-0.05, 0) is 6.07 Å². The van der Waals surface area contributed by atoms with Crippen molar-refractivity contribution in [3.63, 3.8) is 0 Å². The molecule has 0 aromatic heterocycles. The number of hydrogen-bond donors (Lipinski definition) is 0. The lowest BCUT2D eigenvalue weighted by molar-refractivity contribution is -0.387. The zero-order chi connectivity index (χ0) is 13.1. The Labute approximate surface area is 102 Å². The van der Waals surface area contributed by atoms with Gasteiger partial charge in [0.2, 0.25) is 5.82 Å². The molecular formula is C8H9FNO5PS. The minimum Gasteiger partial charge on any atom is -0.424 e. The summed E-state index contributed by atoms with van der Waals surface area (Å²) in [7, 11) is 2.60. The van der Waals surface area contributed by atoms with Crippen LogP contribution in [0.15, 0.2) is 18.2 Å². The lowest BCUT2D eigenvalue weighted by atomic mass is 10.3. The van der Waals surface area contributed by atoms with Crippen LogP contribution in [-0.2, 0) is 20.9 Å². The van der Waals surface area contributed by atoms with Crippen LogP contribution < -0.4 is 4.52 Å². The Morgan fingerprint density at radius 2 is 2.00 bits per heavy atom. The summed E-state index contributed by atoms with van der Waals surface area (Å²) in [5, 5.41) is 10.4. The summed E-state index contributed by atoms with van der Waals surface area (Å²) in [4.78, 5) is 9.56. The van der Waals surface area contributed by atoms with Gasteiger partial charge in [0.1, 0.15) is 5.75 Å². The van der Waals surface area contributed by atoms with E-state index in [1.54, 1.807) is 0 Å². The molecule has 0 aliphatic carbocycles. The average Bonchev–Trinajstić information content (AvgIpc) is 2.28. The molecular weight excluding hydrogens is 272 g/mol. The summed E-state index contributed by atoms with van der Waals surface area (Å²) in [6.45, 7) is -2.96. The highest BCUT2D eigenvalue weighted by atomic mass is 32.5. The topological polar surface area (TPSA) is 70.8 Å². The van der Waals surface area contributed by atoms with E-state index >= 15 is 0 Å². The number of nitro benzene ring substituents is 1. The maximum atomic E-state index is 13.3. The average molecular weight is 281 g/mol. The van der Waals surface area contributed by atoms with Gasteiger partial charge < -0.3 is 13.6 Å². The summed E-state index contributed by atoms with van der Waals surface area (Å²) < 4.78 is 28.1. The standard InChI is InChI=1S/C8H9FNO5PS/c1-13-16(17,14-2)15-6-3-4-8(10(11)12)7(9)5-6/h3-5H,1-2H3. The van der Waals surface area contributed by atoms with E-state index in [2.05, 4.69) is 0 Å². The molecule has 0 fully saturated rings. The van der Waals surface area contributed by atoms with Crippen LogP contribution in [0.4, 0.5) is 10.1 Å². The van der Waals surface area contributed by atoms with Gasteiger partial charge in [-0.3, -0.25) is 10.1 Å². The fourth-order valence-corrected chi connectivity index (χ4v) is 1.90. The molecule has 17 heavy (non-hydrogen) atoms. The van der Waals surface area contributed by atoms with E-state index in [9.17, 15) is 14.5 Å². The normalized spacial score (nSPS) is 11.2. The molecule has 0 aliphatic rings. The number of rotatable bonds is 5. The van der Waals surface area contributed by atoms with Crippen LogP contribution in [0.2, 0.25) is 0 Å². The van der Waals surface area contributed by atoms with Crippen LogP contribution in [0.3, 0.4) is 0 Å². The summed E-state index contributed by atoms with van der Waals surface area (Å²) in [5.74, 6) is -0.999. The predicted molar refractivity (Wildman–Crippen MR) is 62.0 cm³/mol. The lowest BCUT2D eigenvalue weighted by Gasteiger charge is -2.17. The molecule has 1 rings (SSSR count). The zero-order valence-corrected chi connectivity index (χ0v) is 10.7. The van der Waals surface area contributed by atoms with Crippen molar-refractivity contribution in [1.29, 1.82) is 0 Å². The molecule has 1 aromatic carbocycles. The van der Waals surface area contributed by atoms with Crippen LogP contribution in [0.5, 0.6) is 5.75 Å². The maximum absolute atomic E-state index is 13.3. The summed E-state index contributed by atoms with van der Waals surface area (Å²) >= 11 is 4.90. The Morgan fingerprint density at radius 1 is 1.41 bits per heavy atom. The van der Waals surface area contributed by atoms with E-state index in [1.807, 2.05) is 0 Å². The highest BCUT2D eigenvalue weighted by Gasteiger charge is 2.21. The Hall–Kier alpha value is -1.08. The first-order chi connectivity index (χ1) is 7.91. The fraction of sp³-hybridized carbons (Fsp3) is 0.250. The number of nitro groups is 1. The Kier molecular flexibility index (Phi) is 4.53. The second-order valence-corrected chi connectivity index (χ2v) is 5.92. The molecule has 0 unspecified atom stereocenters. The van der Waals surface area contributed by atoms with Crippen LogP contribution in [-0.4, -0.2) is 19.1 Å². The monoisotopic (exact) mass is 281 g/mol. The zero-order valence-electron chi connectivity index (χ0n) is 8.95. The van der Waals surface area contributed by atoms with Gasteiger partial charge in [0.25, 0.3) is 0 Å². The third-order valence-electron chi connectivity index (χ3n) is 1.78. The highest BCUT2D eigenvalue weighted by molar-refractivity contribution is 8.07. The molecule has 0 radical (unpaired) electrons. The summed E-state index contributed by atoms with van der Waals surface area (Å²) in [5.41, 5.74) is -0.638. The second kappa shape index (κ2) is 5.50. The van der Waals surface area contributed by atoms with Crippen LogP contribution >= 0.6 is 6.72 Å². The van der Waals surface area contributed by atoms with Crippen molar-refractivity contribution < 1.29 is 22.9 Å². The van der Waals surface area contributed by atoms with E-state index in [-0.39, 0.29) is 5.75 Å². The Balaban J connectivity index is 2.99. The maximum Gasteiger partial charge on any atom is 0.380 e. The van der Waals surface area contributed by atoms with E-state index in [1.165, 1.54) is 20.3 Å². The first kappa shape index (κ1) is 14.0. The smallest absolute Gasteiger partial charge is 0.380 e. The molecule has 0 amide bonds. The van der Waals surface area contributed by atoms with Crippen LogP contribution in [0.1, 0.15) is 0 Å². The van der Waals surface area contributed by atoms with Gasteiger partial charge in [0.05, 0.1) is 4.92 Å². The van der Waals surface area contributed by atoms with Crippen molar-refractivity contribution in [2.75, 3.05) is 14.2 Å². The SMILES string of the molecule is COP(=S)(OC)Oc1ccc([N+](=O)[O-])c(F)c1. The van der Waals surface area contributed by atoms with Crippen molar-refractivity contribution in [3.05, 3.63) is 34.1 Å². The molecule has 0 N–H and O–H groups in total. The van der Waals surface area contributed by atoms with Crippen molar-refractivity contribution >= 4 is 24.2 Å². The fourth-order valence-electron chi connectivity index (χ4n) is 0.971. The molecule has 0 heterocycles. The highest BCUT2D eigenvalue weighted by Crippen LogP contribution is 2.48. The van der Waals surface area contributed by atoms with Crippen LogP contribution in [0, 0.1) is 15.9 Å². The lowest BCUT2D eigenvalue weighted by Crippen LogP contribution is -1.98. The molecule has 6 nitrogen and oxygen atoms in total. The predicted octanol–water partition coefficient (Wildman–Crippen LogP) is 2.63. The van der Waals surface area contributed by atoms with E-state index in [4.69, 9.17) is 25.4 Å². The van der Waals surface area contributed by atoms with Crippen molar-refractivity contribution in [2.24, 2.45) is 0 Å². The third-order valence-corrected chi connectivity index (χ3v) is 4.23. The molecule has 0 spiro atoms. The molecule has 1 aromatic rings. The molecule has 0 saturated heterocycles. The summed E-state index contributed by atoms with van der Waals surface area (Å²) in [6.07, 6.45) is 0. The minimum absolute atomic E-state index is 0.0140. The largest absolute Gasteiger partial charge is 0.424 e. The van der Waals surface area contributed by atoms with Gasteiger partial charge >= 0.3 is 12.4 Å². The first-order valence-corrected chi connectivity index (χ1v) is 6.82. The van der Waals surface area contributed by atoms with E-state index in [0.29, 0.717) is 0 Å². The van der Waals surface area contributed by atoms with E-state index < -0.39 is 23.1 Å². The van der Waals surface area contributed by atoms with E-state index in [0.717, 1.165) is 12.1 Å². The van der Waals surface area contributed by atoms with Gasteiger partial charge in [0.15, 0.2) is 0 Å². The first-order valence-electron chi connectivity index (χ1n) is 4.27. The number of benzene rings is 1.